The number of fused-ring (bicyclic) bond motifs is 1. The Kier molecular flexibility index (Phi) is 5.53. The lowest BCUT2D eigenvalue weighted by molar-refractivity contribution is 0.0861. The molecule has 1 aliphatic rings. The molecule has 0 bridgehead atoms. The normalized spacial score (nSPS) is 17.4. The number of carbonyl (C=O) groups is 1. The van der Waals surface area contributed by atoms with Gasteiger partial charge in [-0.05, 0) is 67.4 Å². The van der Waals surface area contributed by atoms with Crippen LogP contribution in [-0.4, -0.2) is 39.4 Å². The topological polar surface area (TPSA) is 42.5 Å². The third kappa shape index (κ3) is 3.73. The highest BCUT2D eigenvalue weighted by molar-refractivity contribution is 9.10. The van der Waals surface area contributed by atoms with Gasteiger partial charge in [0.25, 0.3) is 0 Å². The third-order valence-corrected chi connectivity index (χ3v) is 6.25. The van der Waals surface area contributed by atoms with Gasteiger partial charge in [0.15, 0.2) is 11.5 Å². The molecule has 6 heteroatoms. The van der Waals surface area contributed by atoms with Crippen molar-refractivity contribution >= 4 is 38.4 Å². The van der Waals surface area contributed by atoms with Crippen LogP contribution in [0.5, 0.6) is 0 Å². The second kappa shape index (κ2) is 8.10. The van der Waals surface area contributed by atoms with Crippen LogP contribution in [0.15, 0.2) is 41.0 Å². The van der Waals surface area contributed by atoms with Crippen molar-refractivity contribution in [1.29, 1.82) is 0 Å². The minimum absolute atomic E-state index is 0.118. The fraction of sp³-hybridized carbons (Fsp3) is 0.348. The lowest BCUT2D eigenvalue weighted by Gasteiger charge is -2.32. The number of halogens is 1. The maximum absolute atomic E-state index is 13.4. The fourth-order valence-electron chi connectivity index (χ4n) is 4.25. The minimum atomic E-state index is 0.118. The van der Waals surface area contributed by atoms with E-state index in [1.165, 1.54) is 6.42 Å². The molecule has 1 fully saturated rings. The summed E-state index contributed by atoms with van der Waals surface area (Å²) in [5.74, 6) is 0.118. The van der Waals surface area contributed by atoms with Crippen molar-refractivity contribution in [2.24, 2.45) is 0 Å². The van der Waals surface area contributed by atoms with Gasteiger partial charge in [-0.1, -0.05) is 18.6 Å². The zero-order valence-corrected chi connectivity index (χ0v) is 18.2. The van der Waals surface area contributed by atoms with Gasteiger partial charge < -0.3 is 4.57 Å². The molecule has 5 nitrogen and oxygen atoms in total. The number of likely N-dealkylation sites (tertiary alicyclic amines) is 1. The Balaban J connectivity index is 1.81. The average Bonchev–Trinajstić information content (AvgIpc) is 3.01. The highest BCUT2D eigenvalue weighted by Gasteiger charge is 2.26. The number of hydrogen-bond acceptors (Lipinski definition) is 3. The molecule has 0 spiro atoms. The number of aromatic nitrogens is 2. The van der Waals surface area contributed by atoms with E-state index in [0.29, 0.717) is 23.8 Å². The minimum Gasteiger partial charge on any atom is -0.312 e. The highest BCUT2D eigenvalue weighted by Crippen LogP contribution is 2.31. The standard InChI is InChI=1S/C23H23BrN4O/c1-15-6-4-5-11-27(15)14-21(29)22-16(2)28(19-9-7-18(25-3)8-10-19)20-12-17(24)13-26-23(20)22/h7-10,12-13,15H,4-6,11,14H2,1-2H3/t15-/m1/s1. The van der Waals surface area contributed by atoms with Gasteiger partial charge in [0.1, 0.15) is 0 Å². The van der Waals surface area contributed by atoms with Crippen LogP contribution in [0.2, 0.25) is 0 Å². The van der Waals surface area contributed by atoms with E-state index in [1.807, 2.05) is 25.1 Å². The molecule has 4 rings (SSSR count). The van der Waals surface area contributed by atoms with Gasteiger partial charge in [-0.25, -0.2) is 4.85 Å². The van der Waals surface area contributed by atoms with Crippen molar-refractivity contribution in [3.63, 3.8) is 0 Å². The number of pyridine rings is 1. The van der Waals surface area contributed by atoms with Crippen LogP contribution in [-0.2, 0) is 0 Å². The molecule has 0 radical (unpaired) electrons. The quantitative estimate of drug-likeness (QED) is 0.377. The van der Waals surface area contributed by atoms with Crippen molar-refractivity contribution in [1.82, 2.24) is 14.5 Å². The van der Waals surface area contributed by atoms with Crippen LogP contribution in [0, 0.1) is 13.5 Å². The lowest BCUT2D eigenvalue weighted by Crippen LogP contribution is -2.40. The monoisotopic (exact) mass is 450 g/mol. The molecule has 3 heterocycles. The van der Waals surface area contributed by atoms with Crippen LogP contribution in [0.1, 0.15) is 42.2 Å². The Morgan fingerprint density at radius 2 is 2.07 bits per heavy atom. The predicted molar refractivity (Wildman–Crippen MR) is 119 cm³/mol. The van der Waals surface area contributed by atoms with Crippen molar-refractivity contribution < 1.29 is 4.79 Å². The van der Waals surface area contributed by atoms with Crippen molar-refractivity contribution in [2.45, 2.75) is 39.2 Å². The predicted octanol–water partition coefficient (Wildman–Crippen LogP) is 5.70. The summed E-state index contributed by atoms with van der Waals surface area (Å²) in [7, 11) is 0. The van der Waals surface area contributed by atoms with Gasteiger partial charge in [-0.3, -0.25) is 14.7 Å². The molecule has 0 amide bonds. The SMILES string of the molecule is [C-]#[N+]c1ccc(-n2c(C)c(C(=O)CN3CCCC[C@H]3C)c3ncc(Br)cc32)cc1. The second-order valence-corrected chi connectivity index (χ2v) is 8.60. The fourth-order valence-corrected chi connectivity index (χ4v) is 4.57. The largest absolute Gasteiger partial charge is 0.312 e. The van der Waals surface area contributed by atoms with Gasteiger partial charge in [-0.15, -0.1) is 0 Å². The molecule has 2 aromatic heterocycles. The Morgan fingerprint density at radius 3 is 2.76 bits per heavy atom. The van der Waals surface area contributed by atoms with Crippen LogP contribution in [0.25, 0.3) is 21.6 Å². The van der Waals surface area contributed by atoms with Crippen molar-refractivity contribution in [3.8, 4) is 5.69 Å². The van der Waals surface area contributed by atoms with E-state index in [9.17, 15) is 4.79 Å². The van der Waals surface area contributed by atoms with Gasteiger partial charge in [0.05, 0.1) is 29.7 Å². The number of carbonyl (C=O) groups excluding carboxylic acids is 1. The van der Waals surface area contributed by atoms with Crippen LogP contribution >= 0.6 is 15.9 Å². The molecule has 29 heavy (non-hydrogen) atoms. The molecule has 0 saturated carbocycles. The molecule has 0 aliphatic carbocycles. The summed E-state index contributed by atoms with van der Waals surface area (Å²) in [4.78, 5) is 23.7. The average molecular weight is 451 g/mol. The number of piperidine rings is 1. The summed E-state index contributed by atoms with van der Waals surface area (Å²) >= 11 is 3.51. The maximum Gasteiger partial charge on any atom is 0.187 e. The number of nitrogens with zero attached hydrogens (tertiary/aromatic N) is 4. The first kappa shape index (κ1) is 19.8. The zero-order valence-electron chi connectivity index (χ0n) is 16.7. The molecule has 148 valence electrons. The summed E-state index contributed by atoms with van der Waals surface area (Å²) in [5, 5.41) is 0. The number of Topliss-reactive ketones (excluding diaryl/α,β-unsaturated/α-hetero) is 1. The number of rotatable bonds is 4. The Hall–Kier alpha value is -2.49. The molecule has 1 aromatic carbocycles. The third-order valence-electron chi connectivity index (χ3n) is 5.81. The summed E-state index contributed by atoms with van der Waals surface area (Å²) in [5.41, 5.74) is 4.72. The number of hydrogen-bond donors (Lipinski definition) is 0. The maximum atomic E-state index is 13.4. The molecule has 1 atom stereocenters. The Morgan fingerprint density at radius 1 is 1.31 bits per heavy atom. The first-order chi connectivity index (χ1) is 14.0. The van der Waals surface area contributed by atoms with Gasteiger partial charge in [-0.2, -0.15) is 0 Å². The summed E-state index contributed by atoms with van der Waals surface area (Å²) in [6.45, 7) is 12.8. The summed E-state index contributed by atoms with van der Waals surface area (Å²) in [6, 6.07) is 9.87. The van der Waals surface area contributed by atoms with E-state index in [4.69, 9.17) is 6.57 Å². The van der Waals surface area contributed by atoms with E-state index in [-0.39, 0.29) is 5.78 Å². The first-order valence-corrected chi connectivity index (χ1v) is 10.7. The lowest BCUT2D eigenvalue weighted by atomic mass is 10.0. The van der Waals surface area contributed by atoms with E-state index in [1.54, 1.807) is 18.3 Å². The van der Waals surface area contributed by atoms with Crippen LogP contribution in [0.3, 0.4) is 0 Å². The molecular weight excluding hydrogens is 428 g/mol. The van der Waals surface area contributed by atoms with E-state index in [0.717, 1.165) is 46.3 Å². The first-order valence-electron chi connectivity index (χ1n) is 9.91. The molecular formula is C23H23BrN4O. The van der Waals surface area contributed by atoms with E-state index < -0.39 is 0 Å². The summed E-state index contributed by atoms with van der Waals surface area (Å²) in [6.07, 6.45) is 5.28. The molecule has 1 saturated heterocycles. The van der Waals surface area contributed by atoms with Crippen molar-refractivity contribution in [2.75, 3.05) is 13.1 Å². The number of ketones is 1. The molecule has 0 unspecified atom stereocenters. The van der Waals surface area contributed by atoms with Crippen LogP contribution < -0.4 is 0 Å². The summed E-state index contributed by atoms with van der Waals surface area (Å²) < 4.78 is 2.93. The van der Waals surface area contributed by atoms with Gasteiger partial charge in [0, 0.05) is 28.1 Å². The highest BCUT2D eigenvalue weighted by atomic mass is 79.9. The van der Waals surface area contributed by atoms with Gasteiger partial charge >= 0.3 is 0 Å². The second-order valence-electron chi connectivity index (χ2n) is 7.68. The number of benzene rings is 1. The molecule has 0 N–H and O–H groups in total. The van der Waals surface area contributed by atoms with E-state index >= 15 is 0 Å². The Labute approximate surface area is 179 Å². The Bertz CT molecular complexity index is 1110. The smallest absolute Gasteiger partial charge is 0.187 e. The molecule has 1 aliphatic heterocycles. The van der Waals surface area contributed by atoms with Crippen LogP contribution in [0.4, 0.5) is 5.69 Å². The van der Waals surface area contributed by atoms with Crippen molar-refractivity contribution in [3.05, 3.63) is 63.7 Å². The zero-order chi connectivity index (χ0) is 20.5. The van der Waals surface area contributed by atoms with E-state index in [2.05, 4.69) is 42.1 Å². The molecule has 3 aromatic rings. The van der Waals surface area contributed by atoms with Gasteiger partial charge in [0.2, 0.25) is 0 Å².